The van der Waals surface area contributed by atoms with Crippen LogP contribution < -0.4 is 10.6 Å². The van der Waals surface area contributed by atoms with Gasteiger partial charge in [-0.3, -0.25) is 10.6 Å². The van der Waals surface area contributed by atoms with Crippen molar-refractivity contribution in [3.05, 3.63) is 243 Å². The summed E-state index contributed by atoms with van der Waals surface area (Å²) in [6, 6.07) is 57.3. The van der Waals surface area contributed by atoms with E-state index >= 15 is 0 Å². The summed E-state index contributed by atoms with van der Waals surface area (Å²) in [5.74, 6) is 0.293. The Labute approximate surface area is 333 Å². The summed E-state index contributed by atoms with van der Waals surface area (Å²) in [6.45, 7) is 5.12. The van der Waals surface area contributed by atoms with E-state index in [-0.39, 0.29) is 34.0 Å². The van der Waals surface area contributed by atoms with Gasteiger partial charge in [0.05, 0.1) is 23.2 Å². The topological polar surface area (TPSA) is 24.1 Å². The van der Waals surface area contributed by atoms with Gasteiger partial charge in [0, 0.05) is 10.8 Å². The minimum atomic E-state index is -0.341. The van der Waals surface area contributed by atoms with E-state index < -0.39 is 0 Å². The predicted octanol–water partition coefficient (Wildman–Crippen LogP) is 11.5. The molecule has 0 aromatic heterocycles. The third kappa shape index (κ3) is 3.22. The Kier molecular flexibility index (Phi) is 5.49. The van der Waals surface area contributed by atoms with Crippen molar-refractivity contribution < 1.29 is 0 Å². The molecule has 270 valence electrons. The monoisotopic (exact) mass is 728 g/mol. The third-order valence-electron chi connectivity index (χ3n) is 15.7. The van der Waals surface area contributed by atoms with E-state index in [9.17, 15) is 0 Å². The van der Waals surface area contributed by atoms with Gasteiger partial charge in [-0.05, 0) is 107 Å². The first kappa shape index (κ1) is 31.1. The molecule has 2 nitrogen and oxygen atoms in total. The molecule has 7 unspecified atom stereocenters. The summed E-state index contributed by atoms with van der Waals surface area (Å²) >= 11 is 0. The molecule has 0 radical (unpaired) electrons. The van der Waals surface area contributed by atoms with E-state index in [1.807, 2.05) is 0 Å². The lowest BCUT2D eigenvalue weighted by atomic mass is 9.30. The van der Waals surface area contributed by atoms with Crippen molar-refractivity contribution in [1.29, 1.82) is 0 Å². The average Bonchev–Trinajstić information content (AvgIpc) is 3.88. The van der Waals surface area contributed by atoms with Crippen LogP contribution in [0.2, 0.25) is 0 Å². The number of hydrogen-bond donors (Lipinski definition) is 2. The second kappa shape index (κ2) is 10.1. The van der Waals surface area contributed by atoms with Gasteiger partial charge in [-0.25, -0.2) is 0 Å². The van der Waals surface area contributed by atoms with Crippen LogP contribution >= 0.6 is 0 Å². The Morgan fingerprint density at radius 3 is 2.04 bits per heavy atom. The zero-order valence-corrected chi connectivity index (χ0v) is 32.0. The molecule has 1 saturated heterocycles. The number of allylic oxidation sites excluding steroid dienone is 8. The van der Waals surface area contributed by atoms with Crippen LogP contribution in [0.4, 0.5) is 0 Å². The molecule has 1 heterocycles. The summed E-state index contributed by atoms with van der Waals surface area (Å²) in [5.41, 5.74) is 23.1. The van der Waals surface area contributed by atoms with Gasteiger partial charge in [0.25, 0.3) is 0 Å². The predicted molar refractivity (Wildman–Crippen MR) is 230 cm³/mol. The zero-order valence-electron chi connectivity index (χ0n) is 32.0. The van der Waals surface area contributed by atoms with Crippen LogP contribution in [0.25, 0.3) is 27.8 Å². The van der Waals surface area contributed by atoms with Crippen LogP contribution in [0, 0.1) is 11.3 Å². The van der Waals surface area contributed by atoms with Crippen LogP contribution in [0.1, 0.15) is 76.1 Å². The van der Waals surface area contributed by atoms with Gasteiger partial charge < -0.3 is 0 Å². The highest BCUT2D eigenvalue weighted by atomic mass is 15.2. The van der Waals surface area contributed by atoms with Gasteiger partial charge in [0.2, 0.25) is 0 Å². The number of fused-ring (bicyclic) bond motifs is 11. The molecule has 2 fully saturated rings. The maximum atomic E-state index is 4.25. The molecular weight excluding hydrogens is 689 g/mol. The Hall–Kier alpha value is -6.06. The first-order chi connectivity index (χ1) is 28.0. The maximum absolute atomic E-state index is 4.25. The van der Waals surface area contributed by atoms with Crippen molar-refractivity contribution in [3.63, 3.8) is 0 Å². The van der Waals surface area contributed by atoms with Gasteiger partial charge in [-0.1, -0.05) is 184 Å². The first-order valence-electron chi connectivity index (χ1n) is 20.8. The smallest absolute Gasteiger partial charge is 0.0875 e. The number of benzene rings is 6. The second-order valence-electron chi connectivity index (χ2n) is 17.7. The Morgan fingerprint density at radius 1 is 0.579 bits per heavy atom. The Morgan fingerprint density at radius 2 is 1.23 bits per heavy atom. The van der Waals surface area contributed by atoms with E-state index in [1.54, 1.807) is 11.1 Å². The van der Waals surface area contributed by atoms with Crippen LogP contribution in [0.3, 0.4) is 0 Å². The molecule has 14 rings (SSSR count). The molecule has 7 atom stereocenters. The van der Waals surface area contributed by atoms with Crippen molar-refractivity contribution in [2.75, 3.05) is 0 Å². The Bertz CT molecular complexity index is 3010. The summed E-state index contributed by atoms with van der Waals surface area (Å²) in [5, 5.41) is 8.46. The van der Waals surface area contributed by atoms with E-state index in [2.05, 4.69) is 200 Å². The molecule has 7 aliphatic carbocycles. The Balaban J connectivity index is 1.06. The molecular formula is C55H40N2. The fraction of sp³-hybridized carbons (Fsp3) is 0.164. The number of nitrogens with one attached hydrogen (secondary N) is 2. The van der Waals surface area contributed by atoms with Crippen molar-refractivity contribution in [1.82, 2.24) is 10.6 Å². The third-order valence-corrected chi connectivity index (χ3v) is 15.7. The van der Waals surface area contributed by atoms with Crippen molar-refractivity contribution in [3.8, 4) is 11.1 Å². The summed E-state index contributed by atoms with van der Waals surface area (Å²) < 4.78 is 0. The average molecular weight is 729 g/mol. The quantitative estimate of drug-likeness (QED) is 0.177. The largest absolute Gasteiger partial charge is 0.287 e. The molecule has 0 bridgehead atoms. The maximum Gasteiger partial charge on any atom is 0.0875 e. The lowest BCUT2D eigenvalue weighted by Gasteiger charge is -2.71. The number of rotatable bonds is 3. The van der Waals surface area contributed by atoms with Crippen LogP contribution in [-0.4, -0.2) is 0 Å². The number of hydrogen-bond acceptors (Lipinski definition) is 2. The SMILES string of the molecule is CC1C=CC2=C3C4(C5=C(C=C6c7ccccc7-c7ccccc7C6(C)C531)c1ccccc14)c1c2cccc1C1NC(c2ccccc2)C2=CC2(c2ccccc2)N1. The molecule has 8 aliphatic rings. The van der Waals surface area contributed by atoms with Crippen molar-refractivity contribution in [2.24, 2.45) is 11.3 Å². The molecule has 1 aliphatic heterocycles. The second-order valence-corrected chi connectivity index (χ2v) is 17.7. The highest BCUT2D eigenvalue weighted by molar-refractivity contribution is 6.13. The molecule has 6 aromatic carbocycles. The minimum Gasteiger partial charge on any atom is -0.287 e. The molecule has 0 amide bonds. The van der Waals surface area contributed by atoms with E-state index in [4.69, 9.17) is 0 Å². The standard InChI is InChI=1S/C55H40N2/c1-32-28-29-40-39-24-15-25-41(51-56-48(33-16-5-3-6-17-33)46-31-53(46,57-51)34-18-7-4-8-19-34)47(39)54-44-27-14-12-23-38(44)42-30-45-37-22-10-9-20-35(37)36-21-11-13-26-43(36)52(45,2)55(32,49(40)54)50(42)54/h3-32,48,51,56-57H,1-2H3. The van der Waals surface area contributed by atoms with Crippen LogP contribution in [0.15, 0.2) is 193 Å². The fourth-order valence-electron chi connectivity index (χ4n) is 13.7. The van der Waals surface area contributed by atoms with Gasteiger partial charge in [-0.2, -0.15) is 0 Å². The van der Waals surface area contributed by atoms with E-state index in [0.717, 1.165) is 0 Å². The normalized spacial score (nSPS) is 32.0. The van der Waals surface area contributed by atoms with Crippen LogP contribution in [-0.2, 0) is 16.4 Å². The zero-order chi connectivity index (χ0) is 37.5. The molecule has 2 N–H and O–H groups in total. The van der Waals surface area contributed by atoms with Crippen molar-refractivity contribution in [2.45, 2.75) is 42.4 Å². The van der Waals surface area contributed by atoms with Gasteiger partial charge in [0.15, 0.2) is 0 Å². The highest BCUT2D eigenvalue weighted by Crippen LogP contribution is 2.87. The molecule has 1 saturated carbocycles. The van der Waals surface area contributed by atoms with Gasteiger partial charge in [0.1, 0.15) is 0 Å². The van der Waals surface area contributed by atoms with Gasteiger partial charge >= 0.3 is 0 Å². The minimum absolute atomic E-state index is 0.0932. The van der Waals surface area contributed by atoms with E-state index in [1.165, 1.54) is 83.5 Å². The molecule has 6 aromatic rings. The fourth-order valence-corrected chi connectivity index (χ4v) is 13.7. The van der Waals surface area contributed by atoms with Crippen molar-refractivity contribution >= 4 is 16.7 Å². The molecule has 57 heavy (non-hydrogen) atoms. The van der Waals surface area contributed by atoms with E-state index in [0.29, 0.717) is 5.92 Å². The lowest BCUT2D eigenvalue weighted by molar-refractivity contribution is 0.135. The van der Waals surface area contributed by atoms with Crippen LogP contribution in [0.5, 0.6) is 0 Å². The first-order valence-corrected chi connectivity index (χ1v) is 20.8. The highest BCUT2D eigenvalue weighted by Gasteiger charge is 2.80. The lowest BCUT2D eigenvalue weighted by Crippen LogP contribution is -2.67. The summed E-state index contributed by atoms with van der Waals surface area (Å²) in [6.07, 6.45) is 10.1. The summed E-state index contributed by atoms with van der Waals surface area (Å²) in [4.78, 5) is 0. The summed E-state index contributed by atoms with van der Waals surface area (Å²) in [7, 11) is 0. The molecule has 2 spiro atoms. The van der Waals surface area contributed by atoms with Gasteiger partial charge in [-0.15, -0.1) is 0 Å². The molecule has 2 heteroatoms.